The maximum Gasteiger partial charge on any atom is 0.257 e. The number of carbonyl (C=O) groups is 2. The summed E-state index contributed by atoms with van der Waals surface area (Å²) >= 11 is 13.5. The molecule has 1 aliphatic rings. The number of benzene rings is 1. The summed E-state index contributed by atoms with van der Waals surface area (Å²) in [6.07, 6.45) is 5.11. The van der Waals surface area contributed by atoms with E-state index in [0.717, 1.165) is 36.1 Å². The summed E-state index contributed by atoms with van der Waals surface area (Å²) < 4.78 is 0. The van der Waals surface area contributed by atoms with Crippen LogP contribution in [-0.4, -0.2) is 11.8 Å². The number of fused-ring (bicyclic) bond motifs is 1. The minimum absolute atomic E-state index is 0.268. The van der Waals surface area contributed by atoms with Crippen LogP contribution in [0.1, 0.15) is 57.3 Å². The standard InChI is InChI=1S/C19H20Cl2N2O2S/c1-2-3-10-4-6-12-15(8-10)26-19(16(12)17(22)24)23-18(25)13-9-11(20)5-7-14(13)21/h5,7,9-10H,2-4,6,8H2,1H3,(H2,22,24)(H,23,25). The molecule has 1 aromatic carbocycles. The quantitative estimate of drug-likeness (QED) is 0.700. The number of thiophene rings is 1. The van der Waals surface area contributed by atoms with E-state index in [-0.39, 0.29) is 5.56 Å². The topological polar surface area (TPSA) is 72.2 Å². The highest BCUT2D eigenvalue weighted by atomic mass is 35.5. The Hall–Kier alpha value is -1.56. The van der Waals surface area contributed by atoms with Gasteiger partial charge in [0.1, 0.15) is 5.00 Å². The van der Waals surface area contributed by atoms with Crippen molar-refractivity contribution in [2.24, 2.45) is 11.7 Å². The van der Waals surface area contributed by atoms with Crippen LogP contribution in [0.15, 0.2) is 18.2 Å². The highest BCUT2D eigenvalue weighted by molar-refractivity contribution is 7.17. The molecule has 7 heteroatoms. The fraction of sp³-hybridized carbons (Fsp3) is 0.368. The summed E-state index contributed by atoms with van der Waals surface area (Å²) in [5.41, 5.74) is 7.31. The molecular weight excluding hydrogens is 391 g/mol. The Morgan fingerprint density at radius 1 is 1.35 bits per heavy atom. The van der Waals surface area contributed by atoms with Crippen LogP contribution < -0.4 is 11.1 Å². The van der Waals surface area contributed by atoms with Crippen LogP contribution in [0.3, 0.4) is 0 Å². The summed E-state index contributed by atoms with van der Waals surface area (Å²) in [7, 11) is 0. The van der Waals surface area contributed by atoms with Gasteiger partial charge in [-0.3, -0.25) is 9.59 Å². The second kappa shape index (κ2) is 7.99. The number of halogens is 2. The largest absolute Gasteiger partial charge is 0.365 e. The smallest absolute Gasteiger partial charge is 0.257 e. The van der Waals surface area contributed by atoms with Gasteiger partial charge in [-0.1, -0.05) is 43.0 Å². The third kappa shape index (κ3) is 3.90. The molecule has 4 nitrogen and oxygen atoms in total. The lowest BCUT2D eigenvalue weighted by atomic mass is 9.84. The molecule has 1 atom stereocenters. The van der Waals surface area contributed by atoms with Gasteiger partial charge in [-0.25, -0.2) is 0 Å². The first kappa shape index (κ1) is 19.2. The van der Waals surface area contributed by atoms with Gasteiger partial charge in [-0.05, 0) is 48.9 Å². The van der Waals surface area contributed by atoms with Crippen molar-refractivity contribution in [1.29, 1.82) is 0 Å². The van der Waals surface area contributed by atoms with E-state index >= 15 is 0 Å². The first-order valence-corrected chi connectivity index (χ1v) is 10.2. The molecule has 2 amide bonds. The Balaban J connectivity index is 1.92. The molecule has 1 heterocycles. The Morgan fingerprint density at radius 3 is 2.81 bits per heavy atom. The van der Waals surface area contributed by atoms with Crippen molar-refractivity contribution in [1.82, 2.24) is 0 Å². The number of nitrogens with one attached hydrogen (secondary N) is 1. The Morgan fingerprint density at radius 2 is 2.12 bits per heavy atom. The SMILES string of the molecule is CCCC1CCc2c(sc(NC(=O)c3cc(Cl)ccc3Cl)c2C(N)=O)C1. The molecule has 0 radical (unpaired) electrons. The van der Waals surface area contributed by atoms with Crippen LogP contribution in [0.25, 0.3) is 0 Å². The van der Waals surface area contributed by atoms with E-state index in [1.807, 2.05) is 0 Å². The number of amides is 2. The van der Waals surface area contributed by atoms with Crippen LogP contribution in [0, 0.1) is 5.92 Å². The zero-order chi connectivity index (χ0) is 18.8. The van der Waals surface area contributed by atoms with Crippen molar-refractivity contribution in [3.8, 4) is 0 Å². The second-order valence-corrected chi connectivity index (χ2v) is 8.50. The molecule has 0 saturated carbocycles. The van der Waals surface area contributed by atoms with Crippen LogP contribution >= 0.6 is 34.5 Å². The van der Waals surface area contributed by atoms with E-state index in [9.17, 15) is 9.59 Å². The molecule has 0 saturated heterocycles. The molecule has 0 fully saturated rings. The first-order chi connectivity index (χ1) is 12.4. The van der Waals surface area contributed by atoms with Crippen molar-refractivity contribution in [3.63, 3.8) is 0 Å². The Labute approximate surface area is 166 Å². The average Bonchev–Trinajstić information content (AvgIpc) is 2.94. The summed E-state index contributed by atoms with van der Waals surface area (Å²) in [4.78, 5) is 25.8. The van der Waals surface area contributed by atoms with Crippen LogP contribution in [0.2, 0.25) is 10.0 Å². The number of nitrogens with two attached hydrogens (primary N) is 1. The average molecular weight is 411 g/mol. The van der Waals surface area contributed by atoms with Gasteiger partial charge in [-0.2, -0.15) is 0 Å². The van der Waals surface area contributed by atoms with Gasteiger partial charge in [0, 0.05) is 9.90 Å². The summed E-state index contributed by atoms with van der Waals surface area (Å²) in [5.74, 6) is -0.287. The van der Waals surface area contributed by atoms with Gasteiger partial charge >= 0.3 is 0 Å². The van der Waals surface area contributed by atoms with Gasteiger partial charge < -0.3 is 11.1 Å². The molecule has 1 unspecified atom stereocenters. The first-order valence-electron chi connectivity index (χ1n) is 8.61. The van der Waals surface area contributed by atoms with Crippen LogP contribution in [-0.2, 0) is 12.8 Å². The molecule has 0 spiro atoms. The normalized spacial score (nSPS) is 16.2. The van der Waals surface area contributed by atoms with Crippen molar-refractivity contribution >= 4 is 51.4 Å². The van der Waals surface area contributed by atoms with Crippen molar-refractivity contribution in [3.05, 3.63) is 49.8 Å². The van der Waals surface area contributed by atoms with E-state index in [1.165, 1.54) is 23.8 Å². The van der Waals surface area contributed by atoms with Gasteiger partial charge in [0.2, 0.25) is 0 Å². The third-order valence-electron chi connectivity index (χ3n) is 4.71. The number of hydrogen-bond acceptors (Lipinski definition) is 3. The lowest BCUT2D eigenvalue weighted by molar-refractivity contribution is 0.1000. The molecule has 0 aliphatic heterocycles. The number of hydrogen-bond donors (Lipinski definition) is 2. The predicted molar refractivity (Wildman–Crippen MR) is 108 cm³/mol. The molecule has 2 aromatic rings. The Bertz CT molecular complexity index is 863. The van der Waals surface area contributed by atoms with Crippen molar-refractivity contribution in [2.75, 3.05) is 5.32 Å². The number of primary amides is 1. The summed E-state index contributed by atoms with van der Waals surface area (Å²) in [6.45, 7) is 2.18. The summed E-state index contributed by atoms with van der Waals surface area (Å²) in [6, 6.07) is 4.70. The van der Waals surface area contributed by atoms with Crippen molar-refractivity contribution < 1.29 is 9.59 Å². The molecular formula is C19H20Cl2N2O2S. The second-order valence-electron chi connectivity index (χ2n) is 6.55. The molecule has 3 N–H and O–H groups in total. The highest BCUT2D eigenvalue weighted by Crippen LogP contribution is 2.40. The zero-order valence-electron chi connectivity index (χ0n) is 14.4. The Kier molecular flexibility index (Phi) is 5.90. The number of carbonyl (C=O) groups excluding carboxylic acids is 2. The van der Waals surface area contributed by atoms with E-state index in [0.29, 0.717) is 26.5 Å². The predicted octanol–water partition coefficient (Wildman–Crippen LogP) is 5.31. The molecule has 3 rings (SSSR count). The van der Waals surface area contributed by atoms with E-state index in [4.69, 9.17) is 28.9 Å². The monoisotopic (exact) mass is 410 g/mol. The minimum Gasteiger partial charge on any atom is -0.365 e. The minimum atomic E-state index is -0.510. The van der Waals surface area contributed by atoms with Crippen LogP contribution in [0.5, 0.6) is 0 Å². The number of rotatable bonds is 5. The molecule has 1 aliphatic carbocycles. The molecule has 26 heavy (non-hydrogen) atoms. The fourth-order valence-electron chi connectivity index (χ4n) is 3.50. The van der Waals surface area contributed by atoms with E-state index in [1.54, 1.807) is 12.1 Å². The zero-order valence-corrected chi connectivity index (χ0v) is 16.7. The molecule has 138 valence electrons. The summed E-state index contributed by atoms with van der Waals surface area (Å²) in [5, 5.41) is 4.04. The van der Waals surface area contributed by atoms with E-state index in [2.05, 4.69) is 12.2 Å². The third-order valence-corrected chi connectivity index (χ3v) is 6.45. The molecule has 1 aromatic heterocycles. The lowest BCUT2D eigenvalue weighted by Gasteiger charge is -2.21. The maximum atomic E-state index is 12.6. The molecule has 0 bridgehead atoms. The maximum absolute atomic E-state index is 12.6. The number of anilines is 1. The van der Waals surface area contributed by atoms with E-state index < -0.39 is 11.8 Å². The van der Waals surface area contributed by atoms with Gasteiger partial charge in [0.25, 0.3) is 11.8 Å². The van der Waals surface area contributed by atoms with Crippen LogP contribution in [0.4, 0.5) is 5.00 Å². The fourth-order valence-corrected chi connectivity index (χ4v) is 5.24. The van der Waals surface area contributed by atoms with Gasteiger partial charge in [0.15, 0.2) is 0 Å². The van der Waals surface area contributed by atoms with Gasteiger partial charge in [-0.15, -0.1) is 11.3 Å². The van der Waals surface area contributed by atoms with Gasteiger partial charge in [0.05, 0.1) is 16.1 Å². The van der Waals surface area contributed by atoms with Crippen molar-refractivity contribution in [2.45, 2.75) is 39.0 Å². The highest BCUT2D eigenvalue weighted by Gasteiger charge is 2.28. The lowest BCUT2D eigenvalue weighted by Crippen LogP contribution is -2.20.